The first-order chi connectivity index (χ1) is 10.2. The fourth-order valence-electron chi connectivity index (χ4n) is 2.73. The van der Waals surface area contributed by atoms with Crippen molar-refractivity contribution in [1.29, 1.82) is 0 Å². The lowest BCUT2D eigenvalue weighted by atomic mass is 10.1. The predicted molar refractivity (Wildman–Crippen MR) is 79.8 cm³/mol. The van der Waals surface area contributed by atoms with Gasteiger partial charge < -0.3 is 10.2 Å². The molecule has 0 bridgehead atoms. The molecule has 112 valence electrons. The van der Waals surface area contributed by atoms with Crippen LogP contribution in [0.5, 0.6) is 0 Å². The summed E-state index contributed by atoms with van der Waals surface area (Å²) in [5, 5.41) is 8.21. The highest BCUT2D eigenvalue weighted by Gasteiger charge is 2.23. The molecule has 0 spiro atoms. The highest BCUT2D eigenvalue weighted by atomic mass is 16.2. The van der Waals surface area contributed by atoms with Gasteiger partial charge in [-0.05, 0) is 26.2 Å². The Morgan fingerprint density at radius 1 is 1.29 bits per heavy atom. The lowest BCUT2D eigenvalue weighted by Gasteiger charge is -2.29. The molecule has 3 rings (SSSR count). The summed E-state index contributed by atoms with van der Waals surface area (Å²) >= 11 is 0. The fraction of sp³-hybridized carbons (Fsp3) is 0.571. The quantitative estimate of drug-likeness (QED) is 0.917. The van der Waals surface area contributed by atoms with E-state index in [1.54, 1.807) is 10.9 Å². The van der Waals surface area contributed by atoms with Crippen LogP contribution < -0.4 is 5.32 Å². The number of aromatic nitrogens is 4. The van der Waals surface area contributed by atoms with Gasteiger partial charge in [0.2, 0.25) is 5.91 Å². The van der Waals surface area contributed by atoms with Crippen molar-refractivity contribution in [2.45, 2.75) is 32.2 Å². The highest BCUT2D eigenvalue weighted by Crippen LogP contribution is 2.19. The van der Waals surface area contributed by atoms with Crippen LogP contribution >= 0.6 is 0 Å². The second kappa shape index (κ2) is 5.67. The van der Waals surface area contributed by atoms with E-state index >= 15 is 0 Å². The maximum atomic E-state index is 12.4. The molecule has 1 fully saturated rings. The minimum Gasteiger partial charge on any atom is -0.358 e. The van der Waals surface area contributed by atoms with E-state index in [1.807, 2.05) is 18.9 Å². The van der Waals surface area contributed by atoms with Gasteiger partial charge in [-0.3, -0.25) is 9.48 Å². The van der Waals surface area contributed by atoms with Gasteiger partial charge in [0.05, 0.1) is 11.6 Å². The van der Waals surface area contributed by atoms with Gasteiger partial charge in [0.15, 0.2) is 5.65 Å². The van der Waals surface area contributed by atoms with E-state index < -0.39 is 0 Å². The van der Waals surface area contributed by atoms with Gasteiger partial charge in [-0.1, -0.05) is 0 Å². The summed E-state index contributed by atoms with van der Waals surface area (Å²) in [5.41, 5.74) is 0.755. The molecule has 0 saturated carbocycles. The number of rotatable bonds is 3. The monoisotopic (exact) mass is 288 g/mol. The van der Waals surface area contributed by atoms with Gasteiger partial charge >= 0.3 is 0 Å². The Morgan fingerprint density at radius 3 is 2.81 bits per heavy atom. The van der Waals surface area contributed by atoms with Crippen LogP contribution in [0.4, 0.5) is 5.82 Å². The van der Waals surface area contributed by atoms with Gasteiger partial charge in [0.1, 0.15) is 18.2 Å². The summed E-state index contributed by atoms with van der Waals surface area (Å²) in [6.45, 7) is 3.59. The zero-order valence-electron chi connectivity index (χ0n) is 12.4. The Bertz CT molecular complexity index is 646. The molecule has 1 atom stereocenters. The molecule has 2 aromatic heterocycles. The van der Waals surface area contributed by atoms with Gasteiger partial charge in [0.25, 0.3) is 0 Å². The van der Waals surface area contributed by atoms with Crippen molar-refractivity contribution >= 4 is 22.8 Å². The molecule has 1 aliphatic heterocycles. The molecular formula is C14H20N6O. The summed E-state index contributed by atoms with van der Waals surface area (Å²) in [6, 6.07) is -0.304. The number of amides is 1. The van der Waals surface area contributed by atoms with E-state index in [1.165, 1.54) is 12.7 Å². The number of piperidine rings is 1. The first kappa shape index (κ1) is 13.8. The third-order valence-corrected chi connectivity index (χ3v) is 3.92. The van der Waals surface area contributed by atoms with Crippen LogP contribution in [0.2, 0.25) is 0 Å². The Hall–Kier alpha value is -2.18. The molecule has 3 heterocycles. The van der Waals surface area contributed by atoms with Crippen LogP contribution in [0.25, 0.3) is 11.0 Å². The maximum Gasteiger partial charge on any atom is 0.244 e. The number of nitrogens with one attached hydrogen (secondary N) is 1. The number of carbonyl (C=O) groups excluding carboxylic acids is 1. The number of aryl methyl sites for hydroxylation is 1. The second-order valence-corrected chi connectivity index (χ2v) is 5.48. The molecule has 7 nitrogen and oxygen atoms in total. The van der Waals surface area contributed by atoms with Crippen LogP contribution in [-0.4, -0.2) is 49.7 Å². The summed E-state index contributed by atoms with van der Waals surface area (Å²) in [4.78, 5) is 22.8. The molecule has 2 aromatic rings. The standard InChI is InChI=1S/C14H20N6O/c1-10(14(21)20-6-4-3-5-7-20)18-12-11-8-17-19(2)13(11)16-9-15-12/h8-10H,3-7H2,1-2H3,(H,15,16,18). The largest absolute Gasteiger partial charge is 0.358 e. The van der Waals surface area contributed by atoms with E-state index in [0.717, 1.165) is 37.0 Å². The molecule has 7 heteroatoms. The SMILES string of the molecule is CC(Nc1ncnc2c1cnn2C)C(=O)N1CCCCC1. The number of anilines is 1. The Labute approximate surface area is 123 Å². The fourth-order valence-corrected chi connectivity index (χ4v) is 2.73. The Morgan fingerprint density at radius 2 is 2.05 bits per heavy atom. The van der Waals surface area contributed by atoms with Crippen molar-refractivity contribution in [3.63, 3.8) is 0 Å². The average molecular weight is 288 g/mol. The molecule has 21 heavy (non-hydrogen) atoms. The number of likely N-dealkylation sites (tertiary alicyclic amines) is 1. The number of nitrogens with zero attached hydrogens (tertiary/aromatic N) is 5. The topological polar surface area (TPSA) is 75.9 Å². The van der Waals surface area contributed by atoms with E-state index in [-0.39, 0.29) is 11.9 Å². The summed E-state index contributed by atoms with van der Waals surface area (Å²) in [5.74, 6) is 0.788. The van der Waals surface area contributed by atoms with Gasteiger partial charge in [-0.15, -0.1) is 0 Å². The third-order valence-electron chi connectivity index (χ3n) is 3.92. The van der Waals surface area contributed by atoms with Crippen LogP contribution in [-0.2, 0) is 11.8 Å². The lowest BCUT2D eigenvalue weighted by Crippen LogP contribution is -2.44. The molecule has 0 radical (unpaired) electrons. The number of fused-ring (bicyclic) bond motifs is 1. The minimum atomic E-state index is -0.304. The van der Waals surface area contributed by atoms with E-state index in [0.29, 0.717) is 5.82 Å². The van der Waals surface area contributed by atoms with Crippen LogP contribution in [0.15, 0.2) is 12.5 Å². The molecule has 1 saturated heterocycles. The van der Waals surface area contributed by atoms with Crippen molar-refractivity contribution in [2.75, 3.05) is 18.4 Å². The number of carbonyl (C=O) groups is 1. The summed E-state index contributed by atoms with van der Waals surface area (Å²) < 4.78 is 1.69. The van der Waals surface area contributed by atoms with Crippen molar-refractivity contribution in [2.24, 2.45) is 7.05 Å². The van der Waals surface area contributed by atoms with Crippen LogP contribution in [0.1, 0.15) is 26.2 Å². The molecule has 1 aliphatic rings. The molecule has 1 N–H and O–H groups in total. The smallest absolute Gasteiger partial charge is 0.244 e. The summed E-state index contributed by atoms with van der Waals surface area (Å²) in [6.07, 6.45) is 6.62. The second-order valence-electron chi connectivity index (χ2n) is 5.48. The Kier molecular flexibility index (Phi) is 3.72. The van der Waals surface area contributed by atoms with Crippen LogP contribution in [0, 0.1) is 0 Å². The maximum absolute atomic E-state index is 12.4. The van der Waals surface area contributed by atoms with Gasteiger partial charge in [0, 0.05) is 20.1 Å². The van der Waals surface area contributed by atoms with Crippen molar-refractivity contribution < 1.29 is 4.79 Å². The first-order valence-corrected chi connectivity index (χ1v) is 7.35. The van der Waals surface area contributed by atoms with Gasteiger partial charge in [-0.25, -0.2) is 9.97 Å². The normalized spacial score (nSPS) is 17.0. The van der Waals surface area contributed by atoms with Crippen molar-refractivity contribution in [1.82, 2.24) is 24.6 Å². The van der Waals surface area contributed by atoms with Crippen molar-refractivity contribution in [3.8, 4) is 0 Å². The molecule has 0 aromatic carbocycles. The van der Waals surface area contributed by atoms with Crippen LogP contribution in [0.3, 0.4) is 0 Å². The third kappa shape index (κ3) is 2.68. The van der Waals surface area contributed by atoms with E-state index in [2.05, 4.69) is 20.4 Å². The zero-order chi connectivity index (χ0) is 14.8. The zero-order valence-corrected chi connectivity index (χ0v) is 12.4. The van der Waals surface area contributed by atoms with E-state index in [9.17, 15) is 4.79 Å². The molecular weight excluding hydrogens is 268 g/mol. The van der Waals surface area contributed by atoms with Gasteiger partial charge in [-0.2, -0.15) is 5.10 Å². The first-order valence-electron chi connectivity index (χ1n) is 7.35. The highest BCUT2D eigenvalue weighted by molar-refractivity contribution is 5.90. The molecule has 0 aliphatic carbocycles. The summed E-state index contributed by atoms with van der Waals surface area (Å²) in [7, 11) is 1.83. The van der Waals surface area contributed by atoms with Crippen molar-refractivity contribution in [3.05, 3.63) is 12.5 Å². The molecule has 1 amide bonds. The average Bonchev–Trinajstić information content (AvgIpc) is 2.90. The number of hydrogen-bond acceptors (Lipinski definition) is 5. The Balaban J connectivity index is 1.76. The molecule has 1 unspecified atom stereocenters. The number of hydrogen-bond donors (Lipinski definition) is 1. The lowest BCUT2D eigenvalue weighted by molar-refractivity contribution is -0.132. The van der Waals surface area contributed by atoms with E-state index in [4.69, 9.17) is 0 Å². The predicted octanol–water partition coefficient (Wildman–Crippen LogP) is 1.18. The minimum absolute atomic E-state index is 0.130.